The molecule has 0 aliphatic carbocycles. The molecule has 0 heterocycles. The highest BCUT2D eigenvalue weighted by Crippen LogP contribution is 2.25. The lowest BCUT2D eigenvalue weighted by atomic mass is 9.92. The number of carboxylic acid groups (broad SMARTS) is 1. The van der Waals surface area contributed by atoms with Gasteiger partial charge in [-0.05, 0) is 18.4 Å². The Morgan fingerprint density at radius 2 is 2.06 bits per heavy atom. The Bertz CT molecular complexity index is 334. The molecule has 0 spiro atoms. The minimum atomic E-state index is -0.977. The summed E-state index contributed by atoms with van der Waals surface area (Å²) in [5.41, 5.74) is -0.172. The normalized spacial score (nSPS) is 14.4. The van der Waals surface area contributed by atoms with E-state index in [2.05, 4.69) is 5.32 Å². The number of thioether (sulfide) groups is 1. The number of carbonyl (C=O) groups is 1. The molecule has 1 atom stereocenters. The van der Waals surface area contributed by atoms with E-state index >= 15 is 0 Å². The number of benzene rings is 1. The maximum Gasteiger partial charge on any atom is 0.329 e. The van der Waals surface area contributed by atoms with Crippen LogP contribution < -0.4 is 5.32 Å². The standard InChI is InChI=1S/C12H17NO2S/c1-3-13-12(9-16-2,11(14)15)10-7-5-4-6-8-10/h4-8,13H,3,9H2,1-2H3,(H,14,15). The zero-order valence-electron chi connectivity index (χ0n) is 9.56. The molecule has 1 unspecified atom stereocenters. The molecule has 0 bridgehead atoms. The van der Waals surface area contributed by atoms with E-state index in [0.29, 0.717) is 12.3 Å². The number of rotatable bonds is 6. The molecular weight excluding hydrogens is 222 g/mol. The lowest BCUT2D eigenvalue weighted by molar-refractivity contribution is -0.144. The molecule has 0 aromatic heterocycles. The number of nitrogens with one attached hydrogen (secondary N) is 1. The minimum Gasteiger partial charge on any atom is -0.480 e. The number of hydrogen-bond acceptors (Lipinski definition) is 3. The number of likely N-dealkylation sites (N-methyl/N-ethyl adjacent to an activating group) is 1. The predicted octanol–water partition coefficient (Wildman–Crippen LogP) is 1.94. The summed E-state index contributed by atoms with van der Waals surface area (Å²) in [7, 11) is 0. The Morgan fingerprint density at radius 1 is 1.44 bits per heavy atom. The summed E-state index contributed by atoms with van der Waals surface area (Å²) >= 11 is 1.53. The lowest BCUT2D eigenvalue weighted by Gasteiger charge is -2.30. The zero-order valence-corrected chi connectivity index (χ0v) is 10.4. The van der Waals surface area contributed by atoms with Crippen molar-refractivity contribution in [3.8, 4) is 0 Å². The van der Waals surface area contributed by atoms with Gasteiger partial charge in [0.05, 0.1) is 0 Å². The van der Waals surface area contributed by atoms with Crippen LogP contribution in [-0.4, -0.2) is 29.6 Å². The smallest absolute Gasteiger partial charge is 0.329 e. The Hall–Kier alpha value is -1.00. The zero-order chi connectivity index (χ0) is 12.0. The molecule has 3 nitrogen and oxygen atoms in total. The van der Waals surface area contributed by atoms with Gasteiger partial charge in [-0.25, -0.2) is 4.79 Å². The molecule has 0 aliphatic rings. The molecule has 0 amide bonds. The molecule has 16 heavy (non-hydrogen) atoms. The highest BCUT2D eigenvalue weighted by atomic mass is 32.2. The van der Waals surface area contributed by atoms with Gasteiger partial charge in [0.1, 0.15) is 0 Å². The first-order chi connectivity index (χ1) is 7.67. The molecule has 0 saturated carbocycles. The molecule has 1 aromatic rings. The highest BCUT2D eigenvalue weighted by Gasteiger charge is 2.38. The van der Waals surface area contributed by atoms with Crippen LogP contribution >= 0.6 is 11.8 Å². The van der Waals surface area contributed by atoms with Crippen molar-refractivity contribution in [3.63, 3.8) is 0 Å². The van der Waals surface area contributed by atoms with Crippen LogP contribution in [0.4, 0.5) is 0 Å². The van der Waals surface area contributed by atoms with Gasteiger partial charge in [-0.2, -0.15) is 11.8 Å². The van der Waals surface area contributed by atoms with Gasteiger partial charge < -0.3 is 5.11 Å². The van der Waals surface area contributed by atoms with E-state index in [4.69, 9.17) is 0 Å². The Morgan fingerprint density at radius 3 is 2.50 bits per heavy atom. The van der Waals surface area contributed by atoms with E-state index in [-0.39, 0.29) is 0 Å². The fourth-order valence-corrected chi connectivity index (χ4v) is 2.56. The molecule has 4 heteroatoms. The highest BCUT2D eigenvalue weighted by molar-refractivity contribution is 7.98. The second kappa shape index (κ2) is 5.92. The van der Waals surface area contributed by atoms with E-state index in [9.17, 15) is 9.90 Å². The van der Waals surface area contributed by atoms with Gasteiger partial charge in [0.15, 0.2) is 5.54 Å². The molecule has 1 aromatic carbocycles. The van der Waals surface area contributed by atoms with Crippen molar-refractivity contribution in [2.24, 2.45) is 0 Å². The van der Waals surface area contributed by atoms with Crippen molar-refractivity contribution in [2.45, 2.75) is 12.5 Å². The van der Waals surface area contributed by atoms with Crippen molar-refractivity contribution < 1.29 is 9.90 Å². The molecule has 0 saturated heterocycles. The van der Waals surface area contributed by atoms with Gasteiger partial charge in [0.2, 0.25) is 0 Å². The largest absolute Gasteiger partial charge is 0.480 e. The van der Waals surface area contributed by atoms with Gasteiger partial charge >= 0.3 is 5.97 Å². The average Bonchev–Trinajstić information content (AvgIpc) is 2.29. The van der Waals surface area contributed by atoms with Crippen LogP contribution in [0.2, 0.25) is 0 Å². The van der Waals surface area contributed by atoms with E-state index in [1.54, 1.807) is 0 Å². The molecule has 2 N–H and O–H groups in total. The summed E-state index contributed by atoms with van der Waals surface area (Å²) in [4.78, 5) is 11.5. The minimum absolute atomic E-state index is 0.514. The van der Waals surface area contributed by atoms with Crippen molar-refractivity contribution in [2.75, 3.05) is 18.6 Å². The van der Waals surface area contributed by atoms with Crippen LogP contribution in [0.3, 0.4) is 0 Å². The summed E-state index contributed by atoms with van der Waals surface area (Å²) in [6.45, 7) is 2.54. The lowest BCUT2D eigenvalue weighted by Crippen LogP contribution is -2.51. The second-order valence-electron chi connectivity index (χ2n) is 3.54. The van der Waals surface area contributed by atoms with E-state index in [1.807, 2.05) is 43.5 Å². The Balaban J connectivity index is 3.15. The van der Waals surface area contributed by atoms with Crippen LogP contribution in [0.25, 0.3) is 0 Å². The van der Waals surface area contributed by atoms with E-state index < -0.39 is 11.5 Å². The average molecular weight is 239 g/mol. The Kier molecular flexibility index (Phi) is 4.83. The Labute approximate surface area is 100 Å². The van der Waals surface area contributed by atoms with Crippen LogP contribution in [0.5, 0.6) is 0 Å². The monoisotopic (exact) mass is 239 g/mol. The fraction of sp³-hybridized carbons (Fsp3) is 0.417. The molecular formula is C12H17NO2S. The third kappa shape index (κ3) is 2.57. The third-order valence-corrected chi connectivity index (χ3v) is 3.19. The van der Waals surface area contributed by atoms with E-state index in [0.717, 1.165) is 5.56 Å². The molecule has 88 valence electrons. The first kappa shape index (κ1) is 13.1. The van der Waals surface area contributed by atoms with Crippen LogP contribution in [-0.2, 0) is 10.3 Å². The quantitative estimate of drug-likeness (QED) is 0.796. The predicted molar refractivity (Wildman–Crippen MR) is 67.8 cm³/mol. The van der Waals surface area contributed by atoms with Gasteiger partial charge in [-0.3, -0.25) is 5.32 Å². The van der Waals surface area contributed by atoms with Crippen molar-refractivity contribution in [3.05, 3.63) is 35.9 Å². The molecule has 0 radical (unpaired) electrons. The van der Waals surface area contributed by atoms with Gasteiger partial charge in [-0.1, -0.05) is 37.3 Å². The second-order valence-corrected chi connectivity index (χ2v) is 4.41. The summed E-state index contributed by atoms with van der Waals surface area (Å²) < 4.78 is 0. The first-order valence-corrected chi connectivity index (χ1v) is 6.59. The summed E-state index contributed by atoms with van der Waals surface area (Å²) in [5, 5.41) is 12.6. The van der Waals surface area contributed by atoms with Crippen molar-refractivity contribution in [1.29, 1.82) is 0 Å². The number of aliphatic carboxylic acids is 1. The fourth-order valence-electron chi connectivity index (χ4n) is 1.74. The number of hydrogen-bond donors (Lipinski definition) is 2. The molecule has 0 aliphatic heterocycles. The van der Waals surface area contributed by atoms with Gasteiger partial charge in [-0.15, -0.1) is 0 Å². The van der Waals surface area contributed by atoms with Crippen molar-refractivity contribution >= 4 is 17.7 Å². The SMILES string of the molecule is CCNC(CSC)(C(=O)O)c1ccccc1. The number of carboxylic acids is 1. The van der Waals surface area contributed by atoms with Crippen LogP contribution in [0.1, 0.15) is 12.5 Å². The van der Waals surface area contributed by atoms with E-state index in [1.165, 1.54) is 11.8 Å². The molecule has 0 fully saturated rings. The third-order valence-electron chi connectivity index (χ3n) is 2.47. The van der Waals surface area contributed by atoms with Crippen LogP contribution in [0, 0.1) is 0 Å². The maximum absolute atomic E-state index is 11.5. The van der Waals surface area contributed by atoms with Crippen molar-refractivity contribution in [1.82, 2.24) is 5.32 Å². The topological polar surface area (TPSA) is 49.3 Å². The maximum atomic E-state index is 11.5. The van der Waals surface area contributed by atoms with Crippen LogP contribution in [0.15, 0.2) is 30.3 Å². The van der Waals surface area contributed by atoms with Gasteiger partial charge in [0.25, 0.3) is 0 Å². The molecule has 1 rings (SSSR count). The summed E-state index contributed by atoms with van der Waals surface area (Å²) in [6.07, 6.45) is 1.91. The summed E-state index contributed by atoms with van der Waals surface area (Å²) in [5.74, 6) is -0.310. The van der Waals surface area contributed by atoms with Gasteiger partial charge in [0, 0.05) is 5.75 Å². The summed E-state index contributed by atoms with van der Waals surface area (Å²) in [6, 6.07) is 9.33. The first-order valence-electron chi connectivity index (χ1n) is 5.20.